The Morgan fingerprint density at radius 1 is 1.35 bits per heavy atom. The van der Waals surface area contributed by atoms with Gasteiger partial charge < -0.3 is 28.5 Å². The van der Waals surface area contributed by atoms with E-state index in [0.29, 0.717) is 11.5 Å². The van der Waals surface area contributed by atoms with Gasteiger partial charge in [-0.15, -0.1) is 6.42 Å². The van der Waals surface area contributed by atoms with Crippen LogP contribution in [-0.4, -0.2) is 31.2 Å². The van der Waals surface area contributed by atoms with Gasteiger partial charge in [0.2, 0.25) is 0 Å². The van der Waals surface area contributed by atoms with Crippen LogP contribution in [0.2, 0.25) is 0 Å². The van der Waals surface area contributed by atoms with Gasteiger partial charge in [0.1, 0.15) is 6.54 Å². The lowest BCUT2D eigenvalue weighted by Crippen LogP contribution is -3.00. The van der Waals surface area contributed by atoms with E-state index in [1.807, 2.05) is 0 Å². The molecule has 2 heteroatoms. The second kappa shape index (κ2) is 8.03. The number of hydrogen-bond acceptors (Lipinski definition) is 0. The van der Waals surface area contributed by atoms with Gasteiger partial charge in [0, 0.05) is 0 Å². The van der Waals surface area contributed by atoms with Crippen molar-refractivity contribution in [1.29, 1.82) is 0 Å². The summed E-state index contributed by atoms with van der Waals surface area (Å²) in [5.74, 6) is 4.60. The third-order valence-corrected chi connectivity index (χ3v) is 5.76. The number of nitrogens with zero attached hydrogens (tertiary/aromatic N) is 1. The monoisotopic (exact) mass is 391 g/mol. The summed E-state index contributed by atoms with van der Waals surface area (Å²) in [5, 5.41) is 0. The number of terminal acetylenes is 1. The highest BCUT2D eigenvalue weighted by atomic mass is 127. The number of rotatable bonds is 5. The average molecular weight is 391 g/mol. The molecule has 0 aliphatic heterocycles. The molecule has 0 amide bonds. The quantitative estimate of drug-likeness (QED) is 0.377. The Labute approximate surface area is 144 Å². The van der Waals surface area contributed by atoms with Crippen LogP contribution in [0.3, 0.4) is 0 Å². The lowest BCUT2D eigenvalue weighted by atomic mass is 9.62. The number of halogens is 1. The molecule has 20 heavy (non-hydrogen) atoms. The Balaban J connectivity index is 0.00000361. The maximum Gasteiger partial charge on any atom is 0.140 e. The predicted octanol–water partition coefficient (Wildman–Crippen LogP) is 1.33. The zero-order valence-corrected chi connectivity index (χ0v) is 16.5. The van der Waals surface area contributed by atoms with Crippen molar-refractivity contribution < 1.29 is 28.5 Å². The minimum Gasteiger partial charge on any atom is -1.00 e. The van der Waals surface area contributed by atoms with Crippen molar-refractivity contribution in [3.8, 4) is 12.3 Å². The molecule has 1 aliphatic carbocycles. The van der Waals surface area contributed by atoms with Crippen LogP contribution in [0.4, 0.5) is 0 Å². The molecule has 1 saturated carbocycles. The Morgan fingerprint density at radius 2 is 1.95 bits per heavy atom. The van der Waals surface area contributed by atoms with Crippen molar-refractivity contribution in [3.63, 3.8) is 0 Å². The van der Waals surface area contributed by atoms with Crippen molar-refractivity contribution in [2.45, 2.75) is 65.8 Å². The topological polar surface area (TPSA) is 0 Å². The first kappa shape index (κ1) is 20.2. The molecular formula is C18H34IN. The minimum absolute atomic E-state index is 0. The van der Waals surface area contributed by atoms with Gasteiger partial charge in [-0.2, -0.15) is 0 Å². The number of quaternary nitrogens is 1. The highest BCUT2D eigenvalue weighted by Crippen LogP contribution is 2.46. The molecule has 0 aromatic carbocycles. The van der Waals surface area contributed by atoms with Crippen molar-refractivity contribution in [3.05, 3.63) is 0 Å². The maximum absolute atomic E-state index is 5.49. The Bertz CT molecular complexity index is 327. The lowest BCUT2D eigenvalue weighted by molar-refractivity contribution is -0.906. The van der Waals surface area contributed by atoms with Crippen molar-refractivity contribution in [1.82, 2.24) is 0 Å². The molecule has 0 spiro atoms. The van der Waals surface area contributed by atoms with E-state index >= 15 is 0 Å². The van der Waals surface area contributed by atoms with E-state index in [-0.39, 0.29) is 24.0 Å². The molecule has 0 radical (unpaired) electrons. The molecule has 1 nitrogen and oxygen atoms in total. The fourth-order valence-corrected chi connectivity index (χ4v) is 3.87. The fraction of sp³-hybridized carbons (Fsp3) is 0.889. The summed E-state index contributed by atoms with van der Waals surface area (Å²) in [6.07, 6.45) is 12.4. The highest BCUT2D eigenvalue weighted by Gasteiger charge is 2.37. The van der Waals surface area contributed by atoms with Gasteiger partial charge in [0.25, 0.3) is 0 Å². The molecule has 0 bridgehead atoms. The van der Waals surface area contributed by atoms with Crippen LogP contribution in [0, 0.1) is 29.6 Å². The molecule has 3 atom stereocenters. The molecule has 0 aromatic rings. The van der Waals surface area contributed by atoms with E-state index in [0.717, 1.165) is 22.9 Å². The summed E-state index contributed by atoms with van der Waals surface area (Å²) < 4.78 is 0.956. The van der Waals surface area contributed by atoms with E-state index < -0.39 is 0 Å². The van der Waals surface area contributed by atoms with E-state index in [9.17, 15) is 0 Å². The molecule has 1 aliphatic rings. The van der Waals surface area contributed by atoms with Gasteiger partial charge in [-0.05, 0) is 49.4 Å². The Kier molecular flexibility index (Phi) is 8.13. The van der Waals surface area contributed by atoms with Gasteiger partial charge in [-0.3, -0.25) is 0 Å². The van der Waals surface area contributed by atoms with Crippen LogP contribution >= 0.6 is 0 Å². The highest BCUT2D eigenvalue weighted by molar-refractivity contribution is 4.87. The second-order valence-electron chi connectivity index (χ2n) is 8.03. The van der Waals surface area contributed by atoms with Crippen LogP contribution in [0.5, 0.6) is 0 Å². The van der Waals surface area contributed by atoms with Crippen LogP contribution in [0.15, 0.2) is 0 Å². The van der Waals surface area contributed by atoms with Crippen LogP contribution in [0.1, 0.15) is 59.8 Å². The first-order valence-corrected chi connectivity index (χ1v) is 7.97. The third kappa shape index (κ3) is 5.22. The summed E-state index contributed by atoms with van der Waals surface area (Å²) in [5.41, 5.74) is 0.528. The van der Waals surface area contributed by atoms with Gasteiger partial charge in [0.05, 0.1) is 20.1 Å². The summed E-state index contributed by atoms with van der Waals surface area (Å²) in [7, 11) is 4.53. The molecule has 0 aromatic heterocycles. The average Bonchev–Trinajstić information content (AvgIpc) is 2.27. The van der Waals surface area contributed by atoms with Gasteiger partial charge in [0.15, 0.2) is 0 Å². The first-order chi connectivity index (χ1) is 8.70. The Morgan fingerprint density at radius 3 is 2.45 bits per heavy atom. The molecular weight excluding hydrogens is 357 g/mol. The van der Waals surface area contributed by atoms with Gasteiger partial charge >= 0.3 is 0 Å². The molecule has 0 N–H and O–H groups in total. The largest absolute Gasteiger partial charge is 1.00 e. The lowest BCUT2D eigenvalue weighted by Gasteiger charge is -2.44. The third-order valence-electron chi connectivity index (χ3n) is 5.76. The van der Waals surface area contributed by atoms with Gasteiger partial charge in [-0.25, -0.2) is 0 Å². The van der Waals surface area contributed by atoms with Gasteiger partial charge in [-0.1, -0.05) is 33.6 Å². The second-order valence-corrected chi connectivity index (χ2v) is 8.03. The molecule has 1 rings (SSSR count). The van der Waals surface area contributed by atoms with Crippen LogP contribution < -0.4 is 24.0 Å². The minimum atomic E-state index is 0. The number of hydrogen-bond donors (Lipinski definition) is 0. The van der Waals surface area contributed by atoms with Crippen LogP contribution in [0.25, 0.3) is 0 Å². The van der Waals surface area contributed by atoms with E-state index in [4.69, 9.17) is 6.42 Å². The standard InChI is InChI=1S/C18H34N.HI/c1-8-14-19(6,7)16(3)11-12-17-15(2)10-9-13-18(17,4)5;/h1,15-17H,9-14H2,2-7H3;1H/q+1;/p-1. The molecule has 1 fully saturated rings. The molecule has 0 saturated heterocycles. The van der Waals surface area contributed by atoms with E-state index in [2.05, 4.69) is 47.7 Å². The van der Waals surface area contributed by atoms with Crippen LogP contribution in [-0.2, 0) is 0 Å². The smallest absolute Gasteiger partial charge is 0.140 e. The molecule has 0 heterocycles. The normalized spacial score (nSPS) is 27.2. The summed E-state index contributed by atoms with van der Waals surface area (Å²) in [6, 6.07) is 0.654. The summed E-state index contributed by atoms with van der Waals surface area (Å²) in [4.78, 5) is 0. The van der Waals surface area contributed by atoms with E-state index in [1.54, 1.807) is 0 Å². The van der Waals surface area contributed by atoms with Crippen molar-refractivity contribution >= 4 is 0 Å². The zero-order valence-electron chi connectivity index (χ0n) is 14.4. The molecule has 3 unspecified atom stereocenters. The maximum atomic E-state index is 5.49. The van der Waals surface area contributed by atoms with E-state index in [1.165, 1.54) is 32.1 Å². The van der Waals surface area contributed by atoms with Crippen molar-refractivity contribution in [2.75, 3.05) is 20.6 Å². The summed E-state index contributed by atoms with van der Waals surface area (Å²) >= 11 is 0. The first-order valence-electron chi connectivity index (χ1n) is 7.97. The Hall–Kier alpha value is 0.250. The summed E-state index contributed by atoms with van der Waals surface area (Å²) in [6.45, 7) is 10.6. The fourth-order valence-electron chi connectivity index (χ4n) is 3.87. The van der Waals surface area contributed by atoms with Crippen molar-refractivity contribution in [2.24, 2.45) is 17.3 Å². The molecule has 118 valence electrons. The predicted molar refractivity (Wildman–Crippen MR) is 84.8 cm³/mol. The zero-order chi connectivity index (χ0) is 14.7. The SMILES string of the molecule is C#CC[N+](C)(C)C(C)CCC1C(C)CCCC1(C)C.[I-].